The lowest BCUT2D eigenvalue weighted by Gasteiger charge is -2.49. The van der Waals surface area contributed by atoms with Gasteiger partial charge in [-0.2, -0.15) is 0 Å². The molecule has 3 aromatic carbocycles. The zero-order valence-corrected chi connectivity index (χ0v) is 26.7. The minimum Gasteiger partial charge on any atom is -0.508 e. The van der Waals surface area contributed by atoms with E-state index in [2.05, 4.69) is 22.6 Å². The minimum atomic E-state index is -1.25. The van der Waals surface area contributed by atoms with Gasteiger partial charge in [-0.05, 0) is 115 Å². The summed E-state index contributed by atoms with van der Waals surface area (Å²) in [5.74, 6) is -5.21. The van der Waals surface area contributed by atoms with E-state index < -0.39 is 52.6 Å². The summed E-state index contributed by atoms with van der Waals surface area (Å²) in [5.41, 5.74) is 1.62. The van der Waals surface area contributed by atoms with Crippen LogP contribution in [0.15, 0.2) is 72.3 Å². The molecule has 0 spiro atoms. The fourth-order valence-electron chi connectivity index (χ4n) is 7.97. The van der Waals surface area contributed by atoms with Crippen LogP contribution < -0.4 is 9.80 Å². The molecule has 4 aliphatic rings. The molecule has 2 aliphatic heterocycles. The Morgan fingerprint density at radius 2 is 1.61 bits per heavy atom. The highest BCUT2D eigenvalue weighted by Crippen LogP contribution is 2.63. The molecule has 0 aromatic heterocycles. The Morgan fingerprint density at radius 3 is 2.30 bits per heavy atom. The van der Waals surface area contributed by atoms with Crippen LogP contribution >= 0.6 is 34.2 Å². The Balaban J connectivity index is 1.37. The van der Waals surface area contributed by atoms with Gasteiger partial charge in [-0.3, -0.25) is 24.1 Å². The molecule has 6 unspecified atom stereocenters. The molecule has 1 saturated carbocycles. The van der Waals surface area contributed by atoms with Crippen LogP contribution in [0.2, 0.25) is 5.02 Å². The molecule has 7 rings (SSSR count). The number of halogens is 3. The molecule has 0 bridgehead atoms. The summed E-state index contributed by atoms with van der Waals surface area (Å²) in [7, 11) is 0. The quantitative estimate of drug-likeness (QED) is 0.188. The number of aryl methyl sites for hydroxylation is 1. The van der Waals surface area contributed by atoms with E-state index >= 15 is 0 Å². The van der Waals surface area contributed by atoms with Crippen LogP contribution in [0.4, 0.5) is 15.8 Å². The van der Waals surface area contributed by atoms with Crippen molar-refractivity contribution in [1.29, 1.82) is 0 Å². The summed E-state index contributed by atoms with van der Waals surface area (Å²) in [6.45, 7) is 3.54. The average molecular weight is 725 g/mol. The molecule has 2 aliphatic carbocycles. The monoisotopic (exact) mass is 724 g/mol. The molecule has 7 nitrogen and oxygen atoms in total. The molecule has 44 heavy (non-hydrogen) atoms. The van der Waals surface area contributed by atoms with Crippen LogP contribution in [0, 0.1) is 45.4 Å². The smallest absolute Gasteiger partial charge is 0.241 e. The van der Waals surface area contributed by atoms with Crippen molar-refractivity contribution < 1.29 is 28.7 Å². The number of anilines is 2. The van der Waals surface area contributed by atoms with E-state index in [0.717, 1.165) is 25.7 Å². The van der Waals surface area contributed by atoms with Crippen molar-refractivity contribution in [3.63, 3.8) is 0 Å². The van der Waals surface area contributed by atoms with Crippen LogP contribution in [0.3, 0.4) is 0 Å². The number of aromatic hydroxyl groups is 1. The molecule has 224 valence electrons. The van der Waals surface area contributed by atoms with Crippen molar-refractivity contribution in [2.45, 2.75) is 32.6 Å². The highest BCUT2D eigenvalue weighted by Gasteiger charge is 2.67. The highest BCUT2D eigenvalue weighted by atomic mass is 127. The Labute approximate surface area is 271 Å². The van der Waals surface area contributed by atoms with Crippen molar-refractivity contribution in [3.05, 3.63) is 97.8 Å². The maximum Gasteiger partial charge on any atom is 0.241 e. The first-order valence-corrected chi connectivity index (χ1v) is 15.9. The third-order valence-corrected chi connectivity index (χ3v) is 11.1. The summed E-state index contributed by atoms with van der Waals surface area (Å²) >= 11 is 8.23. The minimum absolute atomic E-state index is 0.0987. The molecule has 6 atom stereocenters. The third kappa shape index (κ3) is 4.04. The first-order valence-electron chi connectivity index (χ1n) is 14.4. The lowest BCUT2D eigenvalue weighted by Crippen LogP contribution is -2.48. The Bertz CT molecular complexity index is 1830. The molecule has 1 N–H and O–H groups in total. The summed E-state index contributed by atoms with van der Waals surface area (Å²) in [5, 5.41) is 10.1. The third-order valence-electron chi connectivity index (χ3n) is 10.1. The second-order valence-corrected chi connectivity index (χ2v) is 13.9. The van der Waals surface area contributed by atoms with Gasteiger partial charge in [0.1, 0.15) is 11.6 Å². The van der Waals surface area contributed by atoms with Crippen LogP contribution in [0.5, 0.6) is 5.75 Å². The average Bonchev–Trinajstić information content (AvgIpc) is 3.36. The van der Waals surface area contributed by atoms with Gasteiger partial charge in [-0.25, -0.2) is 9.29 Å². The van der Waals surface area contributed by atoms with Gasteiger partial charge in [0.2, 0.25) is 23.6 Å². The molecule has 4 amide bonds. The van der Waals surface area contributed by atoms with E-state index in [4.69, 9.17) is 11.6 Å². The standard InChI is InChI=1S/C34H27ClFIN2O5/c1-16-13-17(3-12-27(16)40)29-21-9-10-22-28(32(43)38(30(22)41)19-6-4-18(37)5-7-19)23(21)15-24-31(42)39(33(44)34(24,29)2)20-8-11-26(36)25(35)14-20/h3-9,11-14,22-24,28-29,40H,10,15H2,1-2H3. The SMILES string of the molecule is Cc1cc(C2C3=CCC4C(=O)N(c5ccc(I)cc5)C(=O)C4C3CC3C(=O)N(c4ccc(F)c(Cl)c4)C(=O)C32C)ccc1O. The van der Waals surface area contributed by atoms with Crippen LogP contribution in [0.25, 0.3) is 0 Å². The topological polar surface area (TPSA) is 95.0 Å². The van der Waals surface area contributed by atoms with Crippen LogP contribution in [0.1, 0.15) is 36.8 Å². The molecular weight excluding hydrogens is 698 g/mol. The molecule has 2 heterocycles. The summed E-state index contributed by atoms with van der Waals surface area (Å²) in [6.07, 6.45) is 2.51. The van der Waals surface area contributed by atoms with Gasteiger partial charge in [0.05, 0.1) is 39.6 Å². The predicted octanol–water partition coefficient (Wildman–Crippen LogP) is 6.53. The number of amides is 4. The normalized spacial score (nSPS) is 29.5. The fourth-order valence-corrected chi connectivity index (χ4v) is 8.50. The number of carbonyl (C=O) groups is 4. The second kappa shape index (κ2) is 10.2. The van der Waals surface area contributed by atoms with E-state index in [9.17, 15) is 28.7 Å². The lowest BCUT2D eigenvalue weighted by molar-refractivity contribution is -0.131. The number of allylic oxidation sites excluding steroid dienone is 2. The number of hydrogen-bond acceptors (Lipinski definition) is 5. The van der Waals surface area contributed by atoms with Gasteiger partial charge < -0.3 is 5.11 Å². The van der Waals surface area contributed by atoms with Crippen LogP contribution in [-0.2, 0) is 19.2 Å². The van der Waals surface area contributed by atoms with E-state index in [1.54, 1.807) is 38.1 Å². The van der Waals surface area contributed by atoms with Gasteiger partial charge in [-0.15, -0.1) is 0 Å². The highest BCUT2D eigenvalue weighted by molar-refractivity contribution is 14.1. The zero-order valence-electron chi connectivity index (χ0n) is 23.8. The zero-order chi connectivity index (χ0) is 31.2. The first kappa shape index (κ1) is 29.2. The maximum absolute atomic E-state index is 14.4. The summed E-state index contributed by atoms with van der Waals surface area (Å²) in [4.78, 5) is 58.9. The number of nitrogens with zero attached hydrogens (tertiary/aromatic N) is 2. The number of imide groups is 2. The Hall–Kier alpha value is -3.57. The summed E-state index contributed by atoms with van der Waals surface area (Å²) in [6, 6.07) is 16.1. The number of phenols is 1. The second-order valence-electron chi connectivity index (χ2n) is 12.3. The maximum atomic E-state index is 14.4. The van der Waals surface area contributed by atoms with Crippen molar-refractivity contribution in [2.24, 2.45) is 29.1 Å². The molecule has 10 heteroatoms. The van der Waals surface area contributed by atoms with E-state index in [1.165, 1.54) is 17.0 Å². The molecule has 0 radical (unpaired) electrons. The number of benzene rings is 3. The van der Waals surface area contributed by atoms with Gasteiger partial charge in [0.15, 0.2) is 0 Å². The van der Waals surface area contributed by atoms with Crippen molar-refractivity contribution in [2.75, 3.05) is 9.80 Å². The van der Waals surface area contributed by atoms with Gasteiger partial charge in [0.25, 0.3) is 0 Å². The predicted molar refractivity (Wildman–Crippen MR) is 171 cm³/mol. The number of phenolic OH excluding ortho intramolecular Hbond substituents is 1. The molecular formula is C34H27ClFIN2O5. The molecule has 3 aromatic rings. The van der Waals surface area contributed by atoms with E-state index in [-0.39, 0.29) is 34.7 Å². The van der Waals surface area contributed by atoms with Crippen LogP contribution in [-0.4, -0.2) is 28.7 Å². The van der Waals surface area contributed by atoms with Gasteiger partial charge in [-0.1, -0.05) is 35.4 Å². The van der Waals surface area contributed by atoms with Crippen molar-refractivity contribution >= 4 is 69.2 Å². The molecule has 3 fully saturated rings. The van der Waals surface area contributed by atoms with Crippen molar-refractivity contribution in [3.8, 4) is 5.75 Å². The van der Waals surface area contributed by atoms with Gasteiger partial charge in [0, 0.05) is 9.49 Å². The Kier molecular flexibility index (Phi) is 6.78. The van der Waals surface area contributed by atoms with E-state index in [1.807, 2.05) is 24.3 Å². The molecule has 2 saturated heterocycles. The Morgan fingerprint density at radius 1 is 0.909 bits per heavy atom. The number of rotatable bonds is 3. The number of carbonyl (C=O) groups excluding carboxylic acids is 4. The van der Waals surface area contributed by atoms with Gasteiger partial charge >= 0.3 is 0 Å². The number of hydrogen-bond donors (Lipinski definition) is 1. The lowest BCUT2D eigenvalue weighted by atomic mass is 9.51. The first-order chi connectivity index (χ1) is 20.9. The summed E-state index contributed by atoms with van der Waals surface area (Å²) < 4.78 is 15.0. The van der Waals surface area contributed by atoms with E-state index in [0.29, 0.717) is 17.7 Å². The van der Waals surface area contributed by atoms with Crippen molar-refractivity contribution in [1.82, 2.24) is 0 Å². The largest absolute Gasteiger partial charge is 0.508 e. The fraction of sp³-hybridized carbons (Fsp3) is 0.294. The number of fused-ring (bicyclic) bond motifs is 4.